The minimum atomic E-state index is -0.658. The lowest BCUT2D eigenvalue weighted by Gasteiger charge is -2.38. The van der Waals surface area contributed by atoms with E-state index in [0.29, 0.717) is 13.2 Å². The molecule has 0 amide bonds. The molecule has 1 fully saturated rings. The fourth-order valence-corrected chi connectivity index (χ4v) is 2.52. The van der Waals surface area contributed by atoms with E-state index in [4.69, 9.17) is 9.47 Å². The van der Waals surface area contributed by atoms with Crippen LogP contribution in [-0.2, 0) is 26.7 Å². The third-order valence-electron chi connectivity index (χ3n) is 3.93. The van der Waals surface area contributed by atoms with Gasteiger partial charge in [-0.25, -0.2) is 4.98 Å². The zero-order valence-electron chi connectivity index (χ0n) is 11.3. The number of nitrogens with zero attached hydrogens (tertiary/aromatic N) is 2. The first-order valence-electron chi connectivity index (χ1n) is 6.18. The molecule has 1 saturated heterocycles. The van der Waals surface area contributed by atoms with Crippen molar-refractivity contribution in [3.63, 3.8) is 0 Å². The predicted octanol–water partition coefficient (Wildman–Crippen LogP) is 1.32. The van der Waals surface area contributed by atoms with Crippen LogP contribution in [0.3, 0.4) is 0 Å². The number of carbonyl (C=O) groups is 1. The highest BCUT2D eigenvalue weighted by Gasteiger charge is 2.48. The van der Waals surface area contributed by atoms with Gasteiger partial charge in [-0.15, -0.1) is 0 Å². The lowest BCUT2D eigenvalue weighted by atomic mass is 9.78. The predicted molar refractivity (Wildman–Crippen MR) is 70.0 cm³/mol. The summed E-state index contributed by atoms with van der Waals surface area (Å²) < 4.78 is 12.2. The molecule has 19 heavy (non-hydrogen) atoms. The molecular weight excluding hydrogens is 244 g/mol. The number of fused-ring (bicyclic) bond motifs is 1. The Morgan fingerprint density at radius 3 is 2.79 bits per heavy atom. The second kappa shape index (κ2) is 4.06. The van der Waals surface area contributed by atoms with Gasteiger partial charge in [-0.1, -0.05) is 6.07 Å². The molecular formula is C14H16N2O3. The Hall–Kier alpha value is -1.88. The number of rotatable bonds is 2. The fraction of sp³-hybridized carbons (Fsp3) is 0.429. The number of hydrogen-bond acceptors (Lipinski definition) is 4. The quantitative estimate of drug-likeness (QED) is 0.764. The van der Waals surface area contributed by atoms with Gasteiger partial charge < -0.3 is 14.0 Å². The van der Waals surface area contributed by atoms with E-state index in [-0.39, 0.29) is 5.97 Å². The van der Waals surface area contributed by atoms with Gasteiger partial charge >= 0.3 is 5.97 Å². The van der Waals surface area contributed by atoms with Crippen LogP contribution in [0.15, 0.2) is 18.2 Å². The maximum atomic E-state index is 12.0. The number of aromatic nitrogens is 2. The summed E-state index contributed by atoms with van der Waals surface area (Å²) in [5.74, 6) is 0.704. The van der Waals surface area contributed by atoms with Crippen molar-refractivity contribution in [1.29, 1.82) is 0 Å². The van der Waals surface area contributed by atoms with Gasteiger partial charge in [0.25, 0.3) is 0 Å². The van der Waals surface area contributed by atoms with Crippen LogP contribution in [0.2, 0.25) is 0 Å². The number of imidazole rings is 1. The number of methoxy groups -OCH3 is 1. The van der Waals surface area contributed by atoms with Gasteiger partial charge in [0.05, 0.1) is 31.4 Å². The summed E-state index contributed by atoms with van der Waals surface area (Å²) in [5.41, 5.74) is 2.21. The van der Waals surface area contributed by atoms with E-state index in [9.17, 15) is 4.79 Å². The Bertz CT molecular complexity index is 656. The molecule has 0 spiro atoms. The highest BCUT2D eigenvalue weighted by atomic mass is 16.5. The zero-order valence-corrected chi connectivity index (χ0v) is 11.3. The van der Waals surface area contributed by atoms with Gasteiger partial charge in [-0.2, -0.15) is 0 Å². The molecule has 1 aromatic carbocycles. The third-order valence-corrected chi connectivity index (χ3v) is 3.93. The molecule has 0 atom stereocenters. The van der Waals surface area contributed by atoms with Crippen molar-refractivity contribution in [3.05, 3.63) is 29.6 Å². The minimum Gasteiger partial charge on any atom is -0.468 e. The van der Waals surface area contributed by atoms with E-state index in [1.165, 1.54) is 7.11 Å². The molecule has 1 aliphatic rings. The Morgan fingerprint density at radius 2 is 2.21 bits per heavy atom. The summed E-state index contributed by atoms with van der Waals surface area (Å²) in [5, 5.41) is 0. The van der Waals surface area contributed by atoms with Gasteiger partial charge in [-0.3, -0.25) is 4.79 Å². The second-order valence-electron chi connectivity index (χ2n) is 4.99. The Kier molecular flexibility index (Phi) is 2.60. The number of benzene rings is 1. The monoisotopic (exact) mass is 260 g/mol. The first kappa shape index (κ1) is 12.2. The summed E-state index contributed by atoms with van der Waals surface area (Å²) >= 11 is 0. The molecule has 3 rings (SSSR count). The van der Waals surface area contributed by atoms with Crippen molar-refractivity contribution in [1.82, 2.24) is 9.55 Å². The van der Waals surface area contributed by atoms with Gasteiger partial charge in [0.1, 0.15) is 11.2 Å². The molecule has 5 nitrogen and oxygen atoms in total. The van der Waals surface area contributed by atoms with Crippen molar-refractivity contribution >= 4 is 17.0 Å². The zero-order chi connectivity index (χ0) is 13.6. The highest BCUT2D eigenvalue weighted by Crippen LogP contribution is 2.35. The number of esters is 1. The van der Waals surface area contributed by atoms with Crippen molar-refractivity contribution in [2.45, 2.75) is 12.3 Å². The van der Waals surface area contributed by atoms with Crippen molar-refractivity contribution < 1.29 is 14.3 Å². The lowest BCUT2D eigenvalue weighted by molar-refractivity contribution is -0.166. The van der Waals surface area contributed by atoms with E-state index in [1.54, 1.807) is 0 Å². The molecule has 0 N–H and O–H groups in total. The molecule has 5 heteroatoms. The van der Waals surface area contributed by atoms with E-state index in [0.717, 1.165) is 22.4 Å². The standard InChI is InChI=1S/C14H16N2O3/c1-9-15-11-6-10(4-5-12(11)16(9)2)14(7-19-8-14)13(17)18-3/h4-6H,7-8H2,1-3H3. The minimum absolute atomic E-state index is 0.245. The van der Waals surface area contributed by atoms with Crippen LogP contribution in [-0.4, -0.2) is 35.8 Å². The lowest BCUT2D eigenvalue weighted by Crippen LogP contribution is -2.53. The van der Waals surface area contributed by atoms with Crippen LogP contribution in [0.1, 0.15) is 11.4 Å². The highest BCUT2D eigenvalue weighted by molar-refractivity contribution is 5.87. The van der Waals surface area contributed by atoms with Crippen LogP contribution >= 0.6 is 0 Å². The summed E-state index contributed by atoms with van der Waals surface area (Å²) in [6, 6.07) is 5.92. The van der Waals surface area contributed by atoms with Gasteiger partial charge in [0.15, 0.2) is 0 Å². The smallest absolute Gasteiger partial charge is 0.321 e. The molecule has 2 aromatic rings. The first-order chi connectivity index (χ1) is 9.08. The van der Waals surface area contributed by atoms with E-state index in [1.807, 2.05) is 36.7 Å². The summed E-state index contributed by atoms with van der Waals surface area (Å²) in [4.78, 5) is 16.5. The molecule has 2 heterocycles. The third kappa shape index (κ3) is 1.58. The first-order valence-corrected chi connectivity index (χ1v) is 6.18. The average Bonchev–Trinajstić information content (AvgIpc) is 2.63. The van der Waals surface area contributed by atoms with Crippen LogP contribution in [0, 0.1) is 6.92 Å². The van der Waals surface area contributed by atoms with E-state index in [2.05, 4.69) is 4.98 Å². The second-order valence-corrected chi connectivity index (χ2v) is 4.99. The molecule has 1 aromatic heterocycles. The normalized spacial score (nSPS) is 17.2. The summed E-state index contributed by atoms with van der Waals surface area (Å²) in [6.07, 6.45) is 0. The van der Waals surface area contributed by atoms with Crippen LogP contribution < -0.4 is 0 Å². The van der Waals surface area contributed by atoms with Crippen LogP contribution in [0.5, 0.6) is 0 Å². The fourth-order valence-electron chi connectivity index (χ4n) is 2.52. The van der Waals surface area contributed by atoms with Crippen molar-refractivity contribution in [2.24, 2.45) is 7.05 Å². The molecule has 0 saturated carbocycles. The molecule has 1 aliphatic heterocycles. The molecule has 0 unspecified atom stereocenters. The number of ether oxygens (including phenoxy) is 2. The van der Waals surface area contributed by atoms with Gasteiger partial charge in [-0.05, 0) is 24.6 Å². The van der Waals surface area contributed by atoms with E-state index >= 15 is 0 Å². The van der Waals surface area contributed by atoms with Crippen molar-refractivity contribution in [2.75, 3.05) is 20.3 Å². The van der Waals surface area contributed by atoms with Gasteiger partial charge in [0, 0.05) is 7.05 Å². The Labute approximate surface area is 111 Å². The molecule has 100 valence electrons. The summed E-state index contributed by atoms with van der Waals surface area (Å²) in [6.45, 7) is 2.70. The average molecular weight is 260 g/mol. The number of carbonyl (C=O) groups excluding carboxylic acids is 1. The van der Waals surface area contributed by atoms with Crippen LogP contribution in [0.4, 0.5) is 0 Å². The topological polar surface area (TPSA) is 53.3 Å². The Balaban J connectivity index is 2.12. The Morgan fingerprint density at radius 1 is 1.47 bits per heavy atom. The molecule has 0 aliphatic carbocycles. The van der Waals surface area contributed by atoms with Crippen molar-refractivity contribution in [3.8, 4) is 0 Å². The maximum absolute atomic E-state index is 12.0. The number of hydrogen-bond donors (Lipinski definition) is 0. The van der Waals surface area contributed by atoms with E-state index < -0.39 is 5.41 Å². The van der Waals surface area contributed by atoms with Gasteiger partial charge in [0.2, 0.25) is 0 Å². The SMILES string of the molecule is COC(=O)C1(c2ccc3c(c2)nc(C)n3C)COC1. The molecule has 0 bridgehead atoms. The maximum Gasteiger partial charge on any atom is 0.321 e. The summed E-state index contributed by atoms with van der Waals surface area (Å²) in [7, 11) is 3.39. The molecule has 0 radical (unpaired) electrons. The largest absolute Gasteiger partial charge is 0.468 e. The van der Waals surface area contributed by atoms with Crippen LogP contribution in [0.25, 0.3) is 11.0 Å². The number of aryl methyl sites for hydroxylation is 2.